The minimum atomic E-state index is -1.12. The topological polar surface area (TPSA) is 77.9 Å². The second-order valence-corrected chi connectivity index (χ2v) is 11.9. The number of carboxylic acid groups (broad SMARTS) is 1. The number of thiophene rings is 1. The van der Waals surface area contributed by atoms with E-state index in [9.17, 15) is 9.90 Å². The third kappa shape index (κ3) is 6.15. The van der Waals surface area contributed by atoms with Crippen molar-refractivity contribution in [3.8, 4) is 33.2 Å². The third-order valence-corrected chi connectivity index (χ3v) is 7.68. The highest BCUT2D eigenvalue weighted by Crippen LogP contribution is 2.48. The van der Waals surface area contributed by atoms with Crippen molar-refractivity contribution in [3.05, 3.63) is 88.4 Å². The van der Waals surface area contributed by atoms with Crippen LogP contribution in [-0.2, 0) is 22.6 Å². The zero-order valence-corrected chi connectivity index (χ0v) is 23.5. The van der Waals surface area contributed by atoms with Crippen molar-refractivity contribution in [3.63, 3.8) is 0 Å². The summed E-state index contributed by atoms with van der Waals surface area (Å²) in [6.45, 7) is 8.71. The first-order chi connectivity index (χ1) is 18.7. The van der Waals surface area contributed by atoms with Gasteiger partial charge in [-0.1, -0.05) is 36.4 Å². The van der Waals surface area contributed by atoms with Gasteiger partial charge < -0.3 is 19.3 Å². The summed E-state index contributed by atoms with van der Waals surface area (Å²) >= 11 is 1.56. The van der Waals surface area contributed by atoms with Crippen LogP contribution in [0.4, 0.5) is 0 Å². The maximum Gasteiger partial charge on any atom is 0.337 e. The van der Waals surface area contributed by atoms with Gasteiger partial charge in [-0.3, -0.25) is 0 Å². The number of ether oxygens (including phenoxy) is 3. The van der Waals surface area contributed by atoms with Crippen molar-refractivity contribution in [2.45, 2.75) is 58.8 Å². The average molecular weight is 544 g/mol. The van der Waals surface area contributed by atoms with Crippen LogP contribution in [0.25, 0.3) is 21.6 Å². The highest BCUT2D eigenvalue weighted by atomic mass is 32.1. The van der Waals surface area contributed by atoms with Crippen molar-refractivity contribution >= 4 is 17.3 Å². The quantitative estimate of drug-likeness (QED) is 0.246. The predicted octanol–water partition coefficient (Wildman–Crippen LogP) is 7.63. The molecule has 0 saturated heterocycles. The number of fused-ring (bicyclic) bond motifs is 1. The molecule has 3 heterocycles. The van der Waals surface area contributed by atoms with E-state index < -0.39 is 17.7 Å². The van der Waals surface area contributed by atoms with Gasteiger partial charge in [0.15, 0.2) is 6.10 Å². The zero-order valence-electron chi connectivity index (χ0n) is 22.7. The van der Waals surface area contributed by atoms with Gasteiger partial charge in [0.1, 0.15) is 12.4 Å². The number of aromatic nitrogens is 1. The highest BCUT2D eigenvalue weighted by molar-refractivity contribution is 7.16. The summed E-state index contributed by atoms with van der Waals surface area (Å²) in [5, 5.41) is 10.3. The first kappa shape index (κ1) is 26.9. The zero-order chi connectivity index (χ0) is 27.6. The van der Waals surface area contributed by atoms with E-state index in [2.05, 4.69) is 11.1 Å². The lowest BCUT2D eigenvalue weighted by Crippen LogP contribution is -2.27. The van der Waals surface area contributed by atoms with Crippen LogP contribution in [0.2, 0.25) is 0 Å². The lowest BCUT2D eigenvalue weighted by Gasteiger charge is -2.26. The van der Waals surface area contributed by atoms with Crippen molar-refractivity contribution < 1.29 is 24.1 Å². The van der Waals surface area contributed by atoms with Crippen LogP contribution in [0, 0.1) is 6.92 Å². The molecule has 0 saturated carbocycles. The molecule has 4 aromatic rings. The Bertz CT molecular complexity index is 1470. The number of carbonyl (C=O) groups is 1. The van der Waals surface area contributed by atoms with Crippen LogP contribution < -0.4 is 9.47 Å². The van der Waals surface area contributed by atoms with Gasteiger partial charge in [0.2, 0.25) is 5.88 Å². The normalized spacial score (nSPS) is 13.8. The Hall–Kier alpha value is -3.68. The summed E-state index contributed by atoms with van der Waals surface area (Å²) in [6.07, 6.45) is 2.49. The minimum absolute atomic E-state index is 0.407. The smallest absolute Gasteiger partial charge is 0.337 e. The number of benzene rings is 2. The van der Waals surface area contributed by atoms with Crippen LogP contribution in [0.15, 0.2) is 66.9 Å². The molecule has 2 aromatic carbocycles. The molecule has 202 valence electrons. The second-order valence-electron chi connectivity index (χ2n) is 10.7. The summed E-state index contributed by atoms with van der Waals surface area (Å²) in [5.74, 6) is 0.386. The fourth-order valence-corrected chi connectivity index (χ4v) is 6.03. The Morgan fingerprint density at radius 2 is 1.90 bits per heavy atom. The molecular formula is C32H33NO5S. The van der Waals surface area contributed by atoms with Gasteiger partial charge in [0, 0.05) is 33.1 Å². The van der Waals surface area contributed by atoms with E-state index in [1.54, 1.807) is 17.5 Å². The lowest BCUT2D eigenvalue weighted by molar-refractivity contribution is -0.160. The number of aliphatic carboxylic acids is 1. The Kier molecular flexibility index (Phi) is 7.73. The first-order valence-corrected chi connectivity index (χ1v) is 13.9. The van der Waals surface area contributed by atoms with E-state index in [4.69, 9.17) is 14.2 Å². The van der Waals surface area contributed by atoms with Gasteiger partial charge >= 0.3 is 5.97 Å². The van der Waals surface area contributed by atoms with Crippen LogP contribution in [0.3, 0.4) is 0 Å². The Labute approximate surface area is 233 Å². The first-order valence-electron chi connectivity index (χ1n) is 13.1. The van der Waals surface area contributed by atoms with Gasteiger partial charge in [0.05, 0.1) is 12.2 Å². The van der Waals surface area contributed by atoms with Crippen LogP contribution in [0.1, 0.15) is 54.9 Å². The van der Waals surface area contributed by atoms with Gasteiger partial charge in [-0.2, -0.15) is 0 Å². The molecule has 0 aliphatic carbocycles. The maximum absolute atomic E-state index is 12.6. The number of hydrogen-bond acceptors (Lipinski definition) is 6. The van der Waals surface area contributed by atoms with E-state index in [0.29, 0.717) is 24.7 Å². The van der Waals surface area contributed by atoms with E-state index in [0.717, 1.165) is 56.2 Å². The largest absolute Gasteiger partial charge is 0.493 e. The van der Waals surface area contributed by atoms with Crippen molar-refractivity contribution in [1.29, 1.82) is 0 Å². The van der Waals surface area contributed by atoms with Crippen LogP contribution >= 0.6 is 11.3 Å². The Morgan fingerprint density at radius 3 is 2.64 bits per heavy atom. The molecule has 0 spiro atoms. The summed E-state index contributed by atoms with van der Waals surface area (Å²) in [5.41, 5.74) is 4.94. The monoisotopic (exact) mass is 543 g/mol. The molecule has 0 amide bonds. The SMILES string of the molecule is Cc1sc(-c2ccnc(OCc3ccccc3)c2)c(-c2ccc3c(c2)CCCO3)c1C(OC(C)(C)C)C(=O)O. The molecule has 6 nitrogen and oxygen atoms in total. The molecule has 1 aliphatic rings. The van der Waals surface area contributed by atoms with E-state index in [1.807, 2.05) is 82.3 Å². The van der Waals surface area contributed by atoms with E-state index in [-0.39, 0.29) is 0 Å². The van der Waals surface area contributed by atoms with Crippen molar-refractivity contribution in [1.82, 2.24) is 4.98 Å². The Morgan fingerprint density at radius 1 is 1.10 bits per heavy atom. The predicted molar refractivity (Wildman–Crippen MR) is 154 cm³/mol. The summed E-state index contributed by atoms with van der Waals surface area (Å²) in [7, 11) is 0. The molecule has 0 radical (unpaired) electrons. The van der Waals surface area contributed by atoms with Gasteiger partial charge in [-0.25, -0.2) is 9.78 Å². The number of carboxylic acids is 1. The average Bonchev–Trinajstić information content (AvgIpc) is 3.27. The second kappa shape index (κ2) is 11.2. The molecule has 1 atom stereocenters. The molecule has 7 heteroatoms. The maximum atomic E-state index is 12.6. The van der Waals surface area contributed by atoms with Gasteiger partial charge in [-0.05, 0) is 81.0 Å². The van der Waals surface area contributed by atoms with E-state index in [1.165, 1.54) is 0 Å². The summed E-state index contributed by atoms with van der Waals surface area (Å²) in [4.78, 5) is 18.9. The molecule has 0 bridgehead atoms. The standard InChI is InChI=1S/C32H33NO5S/c1-20-27(29(31(34)35)38-32(2,3)4)28(23-12-13-25-22(17-23)11-8-16-36-25)30(39-20)24-14-15-33-26(18-24)37-19-21-9-6-5-7-10-21/h5-7,9-10,12-15,17-18,29H,8,11,16,19H2,1-4H3,(H,34,35). The molecule has 39 heavy (non-hydrogen) atoms. The summed E-state index contributed by atoms with van der Waals surface area (Å²) < 4.78 is 18.0. The number of rotatable bonds is 8. The Balaban J connectivity index is 1.62. The third-order valence-electron chi connectivity index (χ3n) is 6.51. The fraction of sp³-hybridized carbons (Fsp3) is 0.312. The molecule has 1 aliphatic heterocycles. The van der Waals surface area contributed by atoms with E-state index >= 15 is 0 Å². The minimum Gasteiger partial charge on any atom is -0.493 e. The summed E-state index contributed by atoms with van der Waals surface area (Å²) in [6, 6.07) is 20.0. The fourth-order valence-electron chi connectivity index (χ4n) is 4.83. The molecule has 1 unspecified atom stereocenters. The van der Waals surface area contributed by atoms with Gasteiger partial charge in [-0.15, -0.1) is 11.3 Å². The molecule has 2 aromatic heterocycles. The molecule has 5 rings (SSSR count). The molecular weight excluding hydrogens is 510 g/mol. The van der Waals surface area contributed by atoms with Crippen LogP contribution in [-0.4, -0.2) is 28.3 Å². The van der Waals surface area contributed by atoms with Crippen molar-refractivity contribution in [2.75, 3.05) is 6.61 Å². The highest BCUT2D eigenvalue weighted by Gasteiger charge is 2.34. The lowest BCUT2D eigenvalue weighted by atomic mass is 9.92. The van der Waals surface area contributed by atoms with Crippen molar-refractivity contribution in [2.24, 2.45) is 0 Å². The van der Waals surface area contributed by atoms with Gasteiger partial charge in [0.25, 0.3) is 0 Å². The number of nitrogens with zero attached hydrogens (tertiary/aromatic N) is 1. The molecule has 1 N–H and O–H groups in total. The molecule has 0 fully saturated rings. The number of pyridine rings is 1. The number of aryl methyl sites for hydroxylation is 2. The number of hydrogen-bond donors (Lipinski definition) is 1. The van der Waals surface area contributed by atoms with Crippen LogP contribution in [0.5, 0.6) is 11.6 Å².